The van der Waals surface area contributed by atoms with Crippen LogP contribution in [0, 0.1) is 6.92 Å². The van der Waals surface area contributed by atoms with Crippen LogP contribution in [0.3, 0.4) is 0 Å². The zero-order valence-corrected chi connectivity index (χ0v) is 19.5. The SMILES string of the molecule is Cc1ccc(-c2nc(CC(=O)N(c3ccc(N(C)C)cc3)[C@H](C)c3ccccn3)cs2)o1. The summed E-state index contributed by atoms with van der Waals surface area (Å²) in [5.41, 5.74) is 3.47. The van der Waals surface area contributed by atoms with Crippen molar-refractivity contribution in [1.82, 2.24) is 9.97 Å². The Morgan fingerprint density at radius 3 is 2.44 bits per heavy atom. The fourth-order valence-electron chi connectivity index (χ4n) is 3.54. The molecular weight excluding hydrogens is 420 g/mol. The maximum Gasteiger partial charge on any atom is 0.233 e. The fourth-order valence-corrected chi connectivity index (χ4v) is 4.32. The standard InChI is InChI=1S/C25H26N4O2S/c1-17-8-13-23(31-17)25-27-19(16-32-25)15-24(30)29(18(2)22-7-5-6-14-26-22)21-11-9-20(10-12-21)28(3)4/h5-14,16,18H,15H2,1-4H3/t18-/m1/s1. The molecule has 0 aliphatic rings. The Labute approximate surface area is 192 Å². The monoisotopic (exact) mass is 446 g/mol. The first-order chi connectivity index (χ1) is 15.4. The third-order valence-corrected chi connectivity index (χ3v) is 6.16. The van der Waals surface area contributed by atoms with E-state index in [2.05, 4.69) is 9.97 Å². The number of aromatic nitrogens is 2. The number of benzene rings is 1. The molecule has 0 fully saturated rings. The normalized spacial score (nSPS) is 11.9. The van der Waals surface area contributed by atoms with Gasteiger partial charge in [0.15, 0.2) is 10.8 Å². The Morgan fingerprint density at radius 2 is 1.81 bits per heavy atom. The fraction of sp³-hybridized carbons (Fsp3) is 0.240. The van der Waals surface area contributed by atoms with E-state index in [1.54, 1.807) is 11.1 Å². The Bertz CT molecular complexity index is 1180. The van der Waals surface area contributed by atoms with E-state index in [4.69, 9.17) is 4.42 Å². The molecule has 0 bridgehead atoms. The summed E-state index contributed by atoms with van der Waals surface area (Å²) in [4.78, 5) is 26.5. The summed E-state index contributed by atoms with van der Waals surface area (Å²) >= 11 is 1.48. The van der Waals surface area contributed by atoms with Gasteiger partial charge in [0, 0.05) is 37.0 Å². The molecule has 4 aromatic rings. The van der Waals surface area contributed by atoms with Crippen LogP contribution < -0.4 is 9.80 Å². The van der Waals surface area contributed by atoms with Gasteiger partial charge in [-0.1, -0.05) is 6.07 Å². The van der Waals surface area contributed by atoms with E-state index in [1.165, 1.54) is 11.3 Å². The number of anilines is 2. The molecule has 0 saturated carbocycles. The summed E-state index contributed by atoms with van der Waals surface area (Å²) in [6.45, 7) is 3.90. The number of aryl methyl sites for hydroxylation is 1. The Morgan fingerprint density at radius 1 is 1.06 bits per heavy atom. The molecule has 164 valence electrons. The van der Waals surface area contributed by atoms with E-state index >= 15 is 0 Å². The second kappa shape index (κ2) is 9.36. The van der Waals surface area contributed by atoms with Crippen molar-refractivity contribution in [1.29, 1.82) is 0 Å². The molecule has 7 heteroatoms. The number of thiazole rings is 1. The quantitative estimate of drug-likeness (QED) is 0.375. The maximum atomic E-state index is 13.5. The Hall–Kier alpha value is -3.45. The maximum absolute atomic E-state index is 13.5. The Balaban J connectivity index is 1.62. The number of carbonyl (C=O) groups is 1. The predicted molar refractivity (Wildman–Crippen MR) is 129 cm³/mol. The molecule has 1 amide bonds. The van der Waals surface area contributed by atoms with Crippen LogP contribution in [0.5, 0.6) is 0 Å². The molecule has 1 aromatic carbocycles. The van der Waals surface area contributed by atoms with Gasteiger partial charge in [0.1, 0.15) is 5.76 Å². The van der Waals surface area contributed by atoms with Crippen molar-refractivity contribution in [2.75, 3.05) is 23.9 Å². The molecule has 0 spiro atoms. The summed E-state index contributed by atoms with van der Waals surface area (Å²) in [6, 6.07) is 17.3. The largest absolute Gasteiger partial charge is 0.459 e. The van der Waals surface area contributed by atoms with E-state index in [1.807, 2.05) is 92.8 Å². The van der Waals surface area contributed by atoms with Gasteiger partial charge >= 0.3 is 0 Å². The van der Waals surface area contributed by atoms with E-state index in [9.17, 15) is 4.79 Å². The summed E-state index contributed by atoms with van der Waals surface area (Å²) in [5, 5.41) is 2.70. The van der Waals surface area contributed by atoms with E-state index in [-0.39, 0.29) is 18.4 Å². The molecule has 0 radical (unpaired) electrons. The van der Waals surface area contributed by atoms with Crippen molar-refractivity contribution >= 4 is 28.6 Å². The number of amides is 1. The molecular formula is C25H26N4O2S. The summed E-state index contributed by atoms with van der Waals surface area (Å²) in [5.74, 6) is 1.53. The van der Waals surface area contributed by atoms with E-state index in [0.717, 1.165) is 39.3 Å². The molecule has 1 atom stereocenters. The highest BCUT2D eigenvalue weighted by Gasteiger charge is 2.25. The number of rotatable bonds is 7. The lowest BCUT2D eigenvalue weighted by molar-refractivity contribution is -0.118. The van der Waals surface area contributed by atoms with Gasteiger partial charge in [-0.3, -0.25) is 9.78 Å². The van der Waals surface area contributed by atoms with Gasteiger partial charge in [0.05, 0.1) is 23.9 Å². The van der Waals surface area contributed by atoms with Crippen molar-refractivity contribution in [2.45, 2.75) is 26.3 Å². The van der Waals surface area contributed by atoms with Gasteiger partial charge in [0.25, 0.3) is 0 Å². The molecule has 32 heavy (non-hydrogen) atoms. The zero-order valence-electron chi connectivity index (χ0n) is 18.6. The lowest BCUT2D eigenvalue weighted by Gasteiger charge is -2.29. The van der Waals surface area contributed by atoms with Crippen LogP contribution in [0.2, 0.25) is 0 Å². The lowest BCUT2D eigenvalue weighted by atomic mass is 10.1. The van der Waals surface area contributed by atoms with Crippen LogP contribution in [-0.2, 0) is 11.2 Å². The van der Waals surface area contributed by atoms with Crippen LogP contribution in [0.1, 0.15) is 30.1 Å². The average Bonchev–Trinajstić information content (AvgIpc) is 3.43. The molecule has 0 unspecified atom stereocenters. The average molecular weight is 447 g/mol. The minimum absolute atomic E-state index is 0.0340. The topological polar surface area (TPSA) is 62.5 Å². The number of hydrogen-bond donors (Lipinski definition) is 0. The smallest absolute Gasteiger partial charge is 0.233 e. The van der Waals surface area contributed by atoms with Crippen molar-refractivity contribution in [3.05, 3.63) is 83.3 Å². The minimum atomic E-state index is -0.222. The highest BCUT2D eigenvalue weighted by Crippen LogP contribution is 2.30. The first-order valence-corrected chi connectivity index (χ1v) is 11.3. The van der Waals surface area contributed by atoms with Crippen LogP contribution in [0.15, 0.2) is 70.6 Å². The Kier molecular flexibility index (Phi) is 6.37. The third kappa shape index (κ3) is 4.73. The predicted octanol–water partition coefficient (Wildman–Crippen LogP) is 5.51. The summed E-state index contributed by atoms with van der Waals surface area (Å²) in [7, 11) is 3.99. The first-order valence-electron chi connectivity index (χ1n) is 10.4. The molecule has 6 nitrogen and oxygen atoms in total. The van der Waals surface area contributed by atoms with Gasteiger partial charge in [-0.05, 0) is 62.4 Å². The minimum Gasteiger partial charge on any atom is -0.459 e. The molecule has 3 aromatic heterocycles. The van der Waals surface area contributed by atoms with Crippen molar-refractivity contribution < 1.29 is 9.21 Å². The molecule has 4 rings (SSSR count). The second-order valence-electron chi connectivity index (χ2n) is 7.84. The number of carbonyl (C=O) groups excluding carboxylic acids is 1. The molecule has 3 heterocycles. The lowest BCUT2D eigenvalue weighted by Crippen LogP contribution is -2.35. The molecule has 0 aliphatic heterocycles. The first kappa shape index (κ1) is 21.8. The van der Waals surface area contributed by atoms with Crippen LogP contribution in [0.25, 0.3) is 10.8 Å². The van der Waals surface area contributed by atoms with Crippen molar-refractivity contribution in [3.63, 3.8) is 0 Å². The highest BCUT2D eigenvalue weighted by atomic mass is 32.1. The summed E-state index contributed by atoms with van der Waals surface area (Å²) < 4.78 is 5.67. The van der Waals surface area contributed by atoms with Gasteiger partial charge in [-0.15, -0.1) is 11.3 Å². The highest BCUT2D eigenvalue weighted by molar-refractivity contribution is 7.13. The van der Waals surface area contributed by atoms with Crippen LogP contribution in [-0.4, -0.2) is 30.0 Å². The van der Waals surface area contributed by atoms with Gasteiger partial charge < -0.3 is 14.2 Å². The van der Waals surface area contributed by atoms with Gasteiger partial charge in [0.2, 0.25) is 5.91 Å². The molecule has 0 saturated heterocycles. The number of hydrogen-bond acceptors (Lipinski definition) is 6. The summed E-state index contributed by atoms with van der Waals surface area (Å²) in [6.07, 6.45) is 1.95. The molecule has 0 N–H and O–H groups in total. The third-order valence-electron chi connectivity index (χ3n) is 5.25. The van der Waals surface area contributed by atoms with E-state index in [0.29, 0.717) is 0 Å². The van der Waals surface area contributed by atoms with Crippen molar-refractivity contribution in [3.8, 4) is 10.8 Å². The van der Waals surface area contributed by atoms with Crippen LogP contribution >= 0.6 is 11.3 Å². The van der Waals surface area contributed by atoms with E-state index < -0.39 is 0 Å². The number of nitrogens with zero attached hydrogens (tertiary/aromatic N) is 4. The molecule has 0 aliphatic carbocycles. The van der Waals surface area contributed by atoms with Gasteiger partial charge in [-0.25, -0.2) is 4.98 Å². The second-order valence-corrected chi connectivity index (χ2v) is 8.69. The zero-order chi connectivity index (χ0) is 22.7. The number of furan rings is 1. The van der Waals surface area contributed by atoms with Crippen molar-refractivity contribution in [2.24, 2.45) is 0 Å². The van der Waals surface area contributed by atoms with Crippen LogP contribution in [0.4, 0.5) is 11.4 Å². The number of pyridine rings is 1. The van der Waals surface area contributed by atoms with Gasteiger partial charge in [-0.2, -0.15) is 0 Å².